The highest BCUT2D eigenvalue weighted by atomic mass is 32.2. The Morgan fingerprint density at radius 2 is 2.26 bits per heavy atom. The highest BCUT2D eigenvalue weighted by molar-refractivity contribution is 7.93. The number of allylic oxidation sites excluding steroid dienone is 1. The molecule has 2 bridgehead atoms. The van der Waals surface area contributed by atoms with Crippen LogP contribution in [0.15, 0.2) is 11.6 Å². The second-order valence-corrected chi connectivity index (χ2v) is 8.18. The van der Waals surface area contributed by atoms with Crippen molar-refractivity contribution in [2.24, 2.45) is 23.2 Å². The SMILES string of the molecule is CC1(C(=O)OCC[NH+]([O-])SC(F)(F)F)C=C2CC3C[C@H](CC23)C1. The smallest absolute Gasteiger partial charge is 0.496 e. The molecule has 0 aromatic carbocycles. The van der Waals surface area contributed by atoms with E-state index in [0.29, 0.717) is 11.8 Å². The highest BCUT2D eigenvalue weighted by Crippen LogP contribution is 2.59. The van der Waals surface area contributed by atoms with E-state index in [2.05, 4.69) is 0 Å². The van der Waals surface area contributed by atoms with Gasteiger partial charge in [0, 0.05) is 0 Å². The molecule has 3 rings (SSSR count). The van der Waals surface area contributed by atoms with Crippen molar-refractivity contribution < 1.29 is 27.2 Å². The lowest BCUT2D eigenvalue weighted by Gasteiger charge is -2.37. The molecule has 0 heterocycles. The Morgan fingerprint density at radius 1 is 1.52 bits per heavy atom. The Balaban J connectivity index is 1.52. The van der Waals surface area contributed by atoms with Crippen molar-refractivity contribution in [2.75, 3.05) is 13.2 Å². The fourth-order valence-electron chi connectivity index (χ4n) is 4.33. The molecule has 3 aliphatic carbocycles. The second-order valence-electron chi connectivity index (χ2n) is 7.05. The monoisotopic (exact) mass is 351 g/mol. The van der Waals surface area contributed by atoms with E-state index in [9.17, 15) is 23.2 Å². The van der Waals surface area contributed by atoms with E-state index in [1.807, 2.05) is 13.0 Å². The minimum Gasteiger partial charge on any atom is -0.621 e. The van der Waals surface area contributed by atoms with Gasteiger partial charge < -0.3 is 9.94 Å². The first-order valence-electron chi connectivity index (χ1n) is 7.84. The summed E-state index contributed by atoms with van der Waals surface area (Å²) in [5.41, 5.74) is -3.96. The molecule has 4 unspecified atom stereocenters. The summed E-state index contributed by atoms with van der Waals surface area (Å²) in [4.78, 5) is 12.4. The molecule has 0 aliphatic heterocycles. The summed E-state index contributed by atoms with van der Waals surface area (Å²) < 4.78 is 40.2. The molecule has 0 radical (unpaired) electrons. The first kappa shape index (κ1) is 17.1. The minimum atomic E-state index is -4.58. The molecule has 1 N–H and O–H groups in total. The quantitative estimate of drug-likeness (QED) is 0.358. The van der Waals surface area contributed by atoms with Gasteiger partial charge in [-0.2, -0.15) is 13.2 Å². The molecule has 0 aromatic rings. The average Bonchev–Trinajstić information content (AvgIpc) is 2.63. The topological polar surface area (TPSA) is 53.8 Å². The number of halogens is 3. The van der Waals surface area contributed by atoms with Crippen LogP contribution in [-0.4, -0.2) is 24.6 Å². The highest BCUT2D eigenvalue weighted by Gasteiger charge is 2.51. The van der Waals surface area contributed by atoms with Crippen LogP contribution in [0.25, 0.3) is 0 Å². The summed E-state index contributed by atoms with van der Waals surface area (Å²) in [6, 6.07) is 0. The number of hydrogen-bond donors (Lipinski definition) is 1. The fraction of sp³-hybridized carbons (Fsp3) is 0.800. The Labute approximate surface area is 137 Å². The summed E-state index contributed by atoms with van der Waals surface area (Å²) in [7, 11) is 0. The number of esters is 1. The molecule has 0 amide bonds. The molecule has 0 saturated heterocycles. The van der Waals surface area contributed by atoms with Gasteiger partial charge in [-0.25, -0.2) is 0 Å². The van der Waals surface area contributed by atoms with E-state index < -0.39 is 39.9 Å². The number of fused-ring (bicyclic) bond motifs is 1. The minimum absolute atomic E-state index is 0.295. The Kier molecular flexibility index (Phi) is 4.44. The van der Waals surface area contributed by atoms with Gasteiger partial charge in [0.15, 0.2) is 11.9 Å². The van der Waals surface area contributed by atoms with Crippen molar-refractivity contribution in [3.8, 4) is 0 Å². The normalized spacial score (nSPS) is 36.7. The molecule has 4 nitrogen and oxygen atoms in total. The predicted molar refractivity (Wildman–Crippen MR) is 78.9 cm³/mol. The van der Waals surface area contributed by atoms with Gasteiger partial charge in [0.1, 0.15) is 13.2 Å². The van der Waals surface area contributed by atoms with Crippen molar-refractivity contribution in [1.29, 1.82) is 0 Å². The number of ether oxygens (including phenoxy) is 1. The van der Waals surface area contributed by atoms with Crippen LogP contribution in [-0.2, 0) is 9.53 Å². The maximum absolute atomic E-state index is 12.4. The van der Waals surface area contributed by atoms with E-state index in [1.54, 1.807) is 0 Å². The molecule has 0 spiro atoms. The summed E-state index contributed by atoms with van der Waals surface area (Å²) in [6.45, 7) is 1.12. The lowest BCUT2D eigenvalue weighted by atomic mass is 9.67. The molecule has 2 saturated carbocycles. The maximum atomic E-state index is 12.4. The van der Waals surface area contributed by atoms with Gasteiger partial charge in [0.25, 0.3) is 0 Å². The fourth-order valence-corrected chi connectivity index (χ4v) is 4.77. The summed E-state index contributed by atoms with van der Waals surface area (Å²) in [6.07, 6.45) is 6.10. The number of carbonyl (C=O) groups is 1. The summed E-state index contributed by atoms with van der Waals surface area (Å²) >= 11 is -0.679. The standard InChI is InChI=1S/C15H20F3NO3S/c1-14(7-9-4-10-6-11(8-14)12(10)5-9)13(20)22-3-2-19(21)23-15(16,17)18/h8-10,12,19H,2-7H2,1H3/t9-,10?,12?,14?/m1/s1. The zero-order chi connectivity index (χ0) is 16.8. The molecule has 23 heavy (non-hydrogen) atoms. The third-order valence-corrected chi connectivity index (χ3v) is 5.88. The predicted octanol–water partition coefficient (Wildman–Crippen LogP) is 2.46. The average molecular weight is 351 g/mol. The Hall–Kier alpha value is -0.730. The first-order valence-corrected chi connectivity index (χ1v) is 8.65. The lowest BCUT2D eigenvalue weighted by Crippen LogP contribution is -3.01. The van der Waals surface area contributed by atoms with Crippen molar-refractivity contribution in [1.82, 2.24) is 0 Å². The van der Waals surface area contributed by atoms with Gasteiger partial charge in [0.2, 0.25) is 0 Å². The zero-order valence-electron chi connectivity index (χ0n) is 12.8. The molecule has 130 valence electrons. The van der Waals surface area contributed by atoms with E-state index in [0.717, 1.165) is 31.6 Å². The number of carbonyl (C=O) groups excluding carboxylic acids is 1. The summed E-state index contributed by atoms with van der Waals surface area (Å²) in [5.74, 6) is 1.50. The molecule has 8 heteroatoms. The van der Waals surface area contributed by atoms with Crippen LogP contribution in [0.2, 0.25) is 0 Å². The van der Waals surface area contributed by atoms with Crippen LogP contribution >= 0.6 is 11.9 Å². The van der Waals surface area contributed by atoms with E-state index in [4.69, 9.17) is 4.74 Å². The van der Waals surface area contributed by atoms with Crippen LogP contribution in [0.1, 0.15) is 32.6 Å². The Bertz CT molecular complexity index is 525. The molecule has 0 aromatic heterocycles. The molecule has 3 aliphatic rings. The van der Waals surface area contributed by atoms with Crippen molar-refractivity contribution in [3.63, 3.8) is 0 Å². The van der Waals surface area contributed by atoms with E-state index in [-0.39, 0.29) is 6.61 Å². The van der Waals surface area contributed by atoms with Gasteiger partial charge in [-0.15, -0.1) is 0 Å². The number of quaternary nitrogens is 1. The second kappa shape index (κ2) is 5.97. The number of nitrogens with one attached hydrogen (secondary N) is 1. The summed E-state index contributed by atoms with van der Waals surface area (Å²) in [5, 5.41) is 11.2. The lowest BCUT2D eigenvalue weighted by molar-refractivity contribution is -0.698. The van der Waals surface area contributed by atoms with Gasteiger partial charge in [0.05, 0.1) is 5.41 Å². The van der Waals surface area contributed by atoms with Crippen LogP contribution in [0, 0.1) is 28.4 Å². The number of hydrogen-bond acceptors (Lipinski definition) is 4. The van der Waals surface area contributed by atoms with Crippen molar-refractivity contribution in [2.45, 2.75) is 38.1 Å². The van der Waals surface area contributed by atoms with Crippen molar-refractivity contribution in [3.05, 3.63) is 16.9 Å². The molecular formula is C15H20F3NO3S. The van der Waals surface area contributed by atoms with Crippen LogP contribution < -0.4 is 4.47 Å². The third kappa shape index (κ3) is 3.69. The molecule has 5 atom stereocenters. The van der Waals surface area contributed by atoms with E-state index >= 15 is 0 Å². The van der Waals surface area contributed by atoms with Crippen LogP contribution in [0.5, 0.6) is 0 Å². The largest absolute Gasteiger partial charge is 0.621 e. The Morgan fingerprint density at radius 3 is 2.96 bits per heavy atom. The van der Waals surface area contributed by atoms with Gasteiger partial charge in [-0.1, -0.05) is 11.6 Å². The van der Waals surface area contributed by atoms with Crippen LogP contribution in [0.3, 0.4) is 0 Å². The zero-order valence-corrected chi connectivity index (χ0v) is 13.6. The van der Waals surface area contributed by atoms with Gasteiger partial charge in [-0.3, -0.25) is 9.26 Å². The van der Waals surface area contributed by atoms with Crippen LogP contribution in [0.4, 0.5) is 13.2 Å². The van der Waals surface area contributed by atoms with Gasteiger partial charge in [-0.05, 0) is 50.4 Å². The number of alkyl halides is 3. The van der Waals surface area contributed by atoms with Gasteiger partial charge >= 0.3 is 11.5 Å². The molecule has 2 fully saturated rings. The maximum Gasteiger partial charge on any atom is 0.496 e. The molecular weight excluding hydrogens is 331 g/mol. The number of rotatable bonds is 5. The van der Waals surface area contributed by atoms with Crippen molar-refractivity contribution >= 4 is 17.9 Å². The number of hydroxylamine groups is 1. The third-order valence-electron chi connectivity index (χ3n) is 5.22. The first-order chi connectivity index (χ1) is 10.7. The van der Waals surface area contributed by atoms with E-state index in [1.165, 1.54) is 5.57 Å².